The van der Waals surface area contributed by atoms with Crippen molar-refractivity contribution in [1.29, 1.82) is 0 Å². The average molecular weight is 1360 g/mol. The first-order chi connectivity index (χ1) is 46.9. The second kappa shape index (κ2) is 27.2. The molecule has 4 aliphatic rings. The Morgan fingerprint density at radius 3 is 1.06 bits per heavy atom. The van der Waals surface area contributed by atoms with Gasteiger partial charge in [0.2, 0.25) is 22.8 Å². The van der Waals surface area contributed by atoms with Crippen LogP contribution in [0.5, 0.6) is 0 Å². The Morgan fingerprint density at radius 1 is 0.306 bits per heavy atom. The first kappa shape index (κ1) is 65.5. The molecule has 0 saturated heterocycles. The van der Waals surface area contributed by atoms with Crippen molar-refractivity contribution < 1.29 is 29.4 Å². The number of hydrogen-bond acceptors (Lipinski definition) is 4. The molecule has 6 aromatic heterocycles. The van der Waals surface area contributed by atoms with E-state index in [2.05, 4.69) is 306 Å². The molecule has 0 aliphatic carbocycles. The van der Waals surface area contributed by atoms with E-state index in [0.29, 0.717) is 0 Å². The molecule has 2 N–H and O–H groups in total. The van der Waals surface area contributed by atoms with Crippen molar-refractivity contribution in [3.63, 3.8) is 0 Å². The standard InChI is InChI=1S/C86H62N8S2.Mg.Zn/c1-49-9-17-57(18-10-49)81-68-35-31-64(87-68)53(5)65-32-36-69(88-65)82(72-40-43-75(92-72)84(74-42-39-71(81)91-74)60-23-27-62(95-7)28-24-60)58-19-13-55(14-20-58)11-12-56-15-21-59(22-16-56)83-70-37-33-66(89-70)54(6)67-34-38-78(90-67)86(80-51(3)47-50(2)48-52(80)4)79-46-45-77(94-79)85(76-44-41-73(83)93-76)61-25-29-63(96-8)30-26-61;;/h9-10,13-48H,1-8H3;;/q-4;2*+2/p+2. The summed E-state index contributed by atoms with van der Waals surface area (Å²) < 4.78 is 0. The largest absolute Gasteiger partial charge is 2.00 e. The number of hydrogen-bond donors (Lipinski definition) is 0. The SMILES string of the molecule is CSc1ccc(-c2c3nc(c(-c4c(C)cc(C)cc4C)c4ccc([n-]4)c(C)c4nc(c(-c5ccc(C#Cc6ccc(-c7c8[nH+]c(c(-c9ccc(SC)cc9)c9ccc([n-]9)c(-c9ccc(C)cc9)c9[nH+]c(c(C)c%10ccc7[n-]%10)C=C9)C=C8)cc6)cc5)c5ccc2[n-]5)C=C4)C=C3)cc1.[Mg+2].[Zn+2]. The number of aromatic amines is 2. The summed E-state index contributed by atoms with van der Waals surface area (Å²) >= 11 is 3.46. The molecule has 0 saturated carbocycles. The Labute approximate surface area is 608 Å². The Morgan fingerprint density at radius 2 is 0.622 bits per heavy atom. The van der Waals surface area contributed by atoms with Crippen molar-refractivity contribution in [1.82, 2.24) is 29.9 Å². The van der Waals surface area contributed by atoms with Gasteiger partial charge in [0.15, 0.2) is 0 Å². The van der Waals surface area contributed by atoms with Crippen molar-refractivity contribution in [3.05, 3.63) is 272 Å². The maximum Gasteiger partial charge on any atom is 2.00 e. The Kier molecular flexibility index (Phi) is 18.2. The molecule has 462 valence electrons. The Bertz CT molecular complexity index is 5750. The van der Waals surface area contributed by atoms with Crippen LogP contribution in [0.1, 0.15) is 90.1 Å². The van der Waals surface area contributed by atoms with Crippen LogP contribution in [0.3, 0.4) is 0 Å². The summed E-state index contributed by atoms with van der Waals surface area (Å²) in [4.78, 5) is 42.7. The minimum absolute atomic E-state index is 0. The topological polar surface area (TPSA) is 110 Å². The Balaban J connectivity index is 0.00000411. The van der Waals surface area contributed by atoms with Crippen LogP contribution in [-0.2, 0) is 19.5 Å². The fourth-order valence-corrected chi connectivity index (χ4v) is 14.5. The van der Waals surface area contributed by atoms with Crippen molar-refractivity contribution in [3.8, 4) is 78.6 Å². The van der Waals surface area contributed by atoms with E-state index in [1.54, 1.807) is 23.5 Å². The predicted molar refractivity (Wildman–Crippen MR) is 407 cm³/mol. The third kappa shape index (κ3) is 12.3. The molecule has 10 heterocycles. The summed E-state index contributed by atoms with van der Waals surface area (Å²) in [6, 6.07) is 64.7. The summed E-state index contributed by atoms with van der Waals surface area (Å²) in [5.74, 6) is 6.98. The van der Waals surface area contributed by atoms with E-state index < -0.39 is 0 Å². The summed E-state index contributed by atoms with van der Waals surface area (Å²) in [5, 5.41) is 0. The van der Waals surface area contributed by atoms with Gasteiger partial charge < -0.3 is 19.9 Å². The van der Waals surface area contributed by atoms with Crippen LogP contribution in [0.2, 0.25) is 0 Å². The second-order valence-electron chi connectivity index (χ2n) is 24.9. The normalized spacial score (nSPS) is 12.0. The van der Waals surface area contributed by atoms with Crippen molar-refractivity contribution in [2.75, 3.05) is 12.5 Å². The molecule has 0 spiro atoms. The predicted octanol–water partition coefficient (Wildman–Crippen LogP) is 19.3. The second-order valence-corrected chi connectivity index (χ2v) is 26.6. The number of benzene rings is 6. The van der Waals surface area contributed by atoms with Gasteiger partial charge in [-0.2, -0.15) is 0 Å². The van der Waals surface area contributed by atoms with E-state index in [1.807, 2.05) is 0 Å². The number of thioether (sulfide) groups is 2. The maximum absolute atomic E-state index is 5.51. The molecule has 16 bridgehead atoms. The molecule has 0 atom stereocenters. The number of aryl methyl sites for hydroxylation is 6. The molecule has 12 heteroatoms. The van der Waals surface area contributed by atoms with Gasteiger partial charge in [0, 0.05) is 67.5 Å². The molecule has 0 fully saturated rings. The van der Waals surface area contributed by atoms with E-state index in [9.17, 15) is 0 Å². The third-order valence-electron chi connectivity index (χ3n) is 18.6. The summed E-state index contributed by atoms with van der Waals surface area (Å²) in [6.07, 6.45) is 21.4. The first-order valence-corrected chi connectivity index (χ1v) is 34.7. The van der Waals surface area contributed by atoms with Gasteiger partial charge in [-0.1, -0.05) is 156 Å². The zero-order valence-electron chi connectivity index (χ0n) is 55.9. The van der Waals surface area contributed by atoms with Gasteiger partial charge in [-0.3, -0.25) is 0 Å². The molecule has 12 aromatic rings. The van der Waals surface area contributed by atoms with Gasteiger partial charge in [-0.25, -0.2) is 19.9 Å². The zero-order chi connectivity index (χ0) is 65.3. The molecule has 98 heavy (non-hydrogen) atoms. The number of nitrogens with one attached hydrogen (secondary N) is 2. The summed E-state index contributed by atoms with van der Waals surface area (Å²) in [5.41, 5.74) is 35.0. The number of fused-ring (bicyclic) bond motifs is 16. The fourth-order valence-electron chi connectivity index (χ4n) is 13.7. The summed E-state index contributed by atoms with van der Waals surface area (Å²) in [7, 11) is 0. The number of H-pyrrole nitrogens is 2. The maximum atomic E-state index is 5.51. The Hall–Kier alpha value is -9.83. The molecule has 0 amide bonds. The average Bonchev–Trinajstić information content (AvgIpc) is 1.61. The fraction of sp³-hybridized carbons (Fsp3) is 0.0930. The van der Waals surface area contributed by atoms with Crippen molar-refractivity contribution >= 4 is 139 Å². The van der Waals surface area contributed by atoms with Crippen LogP contribution < -0.4 is 29.9 Å². The monoisotopic (exact) mass is 1360 g/mol. The minimum atomic E-state index is 0. The van der Waals surface area contributed by atoms with E-state index >= 15 is 0 Å². The van der Waals surface area contributed by atoms with Gasteiger partial charge in [0.1, 0.15) is 0 Å². The van der Waals surface area contributed by atoms with Crippen LogP contribution in [0, 0.1) is 53.4 Å². The number of rotatable bonds is 8. The molecule has 0 unspecified atom stereocenters. The van der Waals surface area contributed by atoms with Crippen molar-refractivity contribution in [2.45, 2.75) is 51.3 Å². The van der Waals surface area contributed by atoms with Crippen LogP contribution in [0.25, 0.3) is 160 Å². The van der Waals surface area contributed by atoms with Gasteiger partial charge in [0.05, 0.1) is 22.8 Å². The van der Waals surface area contributed by atoms with Crippen molar-refractivity contribution in [2.24, 2.45) is 0 Å². The van der Waals surface area contributed by atoms with E-state index in [4.69, 9.17) is 29.9 Å². The number of aromatic nitrogens is 8. The van der Waals surface area contributed by atoms with E-state index in [-0.39, 0.29) is 42.5 Å². The van der Waals surface area contributed by atoms with Gasteiger partial charge in [0.25, 0.3) is 0 Å². The molecular formula is C86H64MgN8S2Zn+2. The van der Waals surface area contributed by atoms with Crippen LogP contribution in [0.4, 0.5) is 0 Å². The number of nitrogens with zero attached hydrogens (tertiary/aromatic N) is 6. The quantitative estimate of drug-likeness (QED) is 0.0840. The third-order valence-corrected chi connectivity index (χ3v) is 20.1. The zero-order valence-corrected chi connectivity index (χ0v) is 61.9. The smallest absolute Gasteiger partial charge is 0.657 e. The minimum Gasteiger partial charge on any atom is -0.657 e. The molecule has 16 rings (SSSR count). The molecule has 6 aromatic carbocycles. The molecular weight excluding hydrogens is 1300 g/mol. The van der Waals surface area contributed by atoms with E-state index in [0.717, 1.165) is 179 Å². The first-order valence-electron chi connectivity index (χ1n) is 32.2. The van der Waals surface area contributed by atoms with Gasteiger partial charge >= 0.3 is 42.5 Å². The van der Waals surface area contributed by atoms with Gasteiger partial charge in [-0.05, 0) is 194 Å². The molecule has 8 nitrogen and oxygen atoms in total. The van der Waals surface area contributed by atoms with Crippen LogP contribution >= 0.6 is 23.5 Å². The van der Waals surface area contributed by atoms with Crippen LogP contribution in [-0.4, -0.2) is 45.5 Å². The molecule has 4 aliphatic heterocycles. The van der Waals surface area contributed by atoms with Gasteiger partial charge in [-0.15, -0.1) is 67.7 Å². The van der Waals surface area contributed by atoms with E-state index in [1.165, 1.54) is 32.0 Å². The molecule has 0 radical (unpaired) electrons. The summed E-state index contributed by atoms with van der Waals surface area (Å²) in [6.45, 7) is 12.9. The van der Waals surface area contributed by atoms with Crippen LogP contribution in [0.15, 0.2) is 192 Å².